The second-order valence-electron chi connectivity index (χ2n) is 7.74. The first-order valence-electron chi connectivity index (χ1n) is 10.2. The highest BCUT2D eigenvalue weighted by molar-refractivity contribution is 6.09. The van der Waals surface area contributed by atoms with Crippen molar-refractivity contribution in [1.82, 2.24) is 4.57 Å². The highest BCUT2D eigenvalue weighted by atomic mass is 16.4. The molecule has 5 nitrogen and oxygen atoms in total. The van der Waals surface area contributed by atoms with Gasteiger partial charge in [0, 0.05) is 10.8 Å². The Labute approximate surface area is 182 Å². The number of aromatic nitrogens is 1. The van der Waals surface area contributed by atoms with E-state index in [9.17, 15) is 15.0 Å². The van der Waals surface area contributed by atoms with Gasteiger partial charge in [0.2, 0.25) is 0 Å². The molecule has 2 aromatic heterocycles. The summed E-state index contributed by atoms with van der Waals surface area (Å²) in [6.45, 7) is 0. The highest BCUT2D eigenvalue weighted by Crippen LogP contribution is 2.39. The van der Waals surface area contributed by atoms with Gasteiger partial charge in [-0.05, 0) is 53.2 Å². The molecule has 0 bridgehead atoms. The fraction of sp³-hybridized carbons (Fsp3) is 0. The van der Waals surface area contributed by atoms with Crippen LogP contribution in [0.4, 0.5) is 0 Å². The number of carboxylic acids is 1. The van der Waals surface area contributed by atoms with Crippen molar-refractivity contribution >= 4 is 38.6 Å². The first kappa shape index (κ1) is 18.3. The molecule has 0 atom stereocenters. The number of carboxylic acid groups (broad SMARTS) is 1. The average molecular weight is 419 g/mol. The Morgan fingerprint density at radius 2 is 1.56 bits per heavy atom. The Balaban J connectivity index is 1.74. The second-order valence-corrected chi connectivity index (χ2v) is 7.74. The third-order valence-electron chi connectivity index (χ3n) is 5.85. The summed E-state index contributed by atoms with van der Waals surface area (Å²) in [7, 11) is 0. The van der Waals surface area contributed by atoms with Crippen LogP contribution in [0.1, 0.15) is 10.4 Å². The zero-order valence-electron chi connectivity index (χ0n) is 16.8. The smallest absolute Gasteiger partial charge is 0.335 e. The minimum absolute atomic E-state index is 0.0157. The molecule has 32 heavy (non-hydrogen) atoms. The zero-order chi connectivity index (χ0) is 21.8. The van der Waals surface area contributed by atoms with Crippen molar-refractivity contribution in [2.24, 2.45) is 0 Å². The van der Waals surface area contributed by atoms with Crippen LogP contribution in [0.25, 0.3) is 49.8 Å². The minimum Gasteiger partial charge on any atom is -0.506 e. The van der Waals surface area contributed by atoms with Crippen LogP contribution in [0.3, 0.4) is 0 Å². The van der Waals surface area contributed by atoms with Gasteiger partial charge in [0.05, 0.1) is 22.5 Å². The predicted molar refractivity (Wildman–Crippen MR) is 125 cm³/mol. The van der Waals surface area contributed by atoms with Crippen LogP contribution in [-0.2, 0) is 0 Å². The van der Waals surface area contributed by atoms with Crippen LogP contribution >= 0.6 is 0 Å². The third-order valence-corrected chi connectivity index (χ3v) is 5.85. The molecule has 0 saturated heterocycles. The first-order valence-corrected chi connectivity index (χ1v) is 10.2. The maximum atomic E-state index is 11.6. The van der Waals surface area contributed by atoms with E-state index in [1.807, 2.05) is 65.2 Å². The Morgan fingerprint density at radius 1 is 0.781 bits per heavy atom. The number of aromatic carboxylic acids is 1. The number of rotatable bonds is 3. The highest BCUT2D eigenvalue weighted by Gasteiger charge is 2.20. The number of aromatic hydroxyl groups is 1. The normalized spacial score (nSPS) is 11.5. The van der Waals surface area contributed by atoms with E-state index in [0.717, 1.165) is 38.3 Å². The lowest BCUT2D eigenvalue weighted by Crippen LogP contribution is -2.01. The van der Waals surface area contributed by atoms with Gasteiger partial charge in [-0.15, -0.1) is 0 Å². The molecule has 6 aromatic rings. The molecular weight excluding hydrogens is 402 g/mol. The molecule has 0 aliphatic rings. The van der Waals surface area contributed by atoms with Crippen molar-refractivity contribution in [3.8, 4) is 22.9 Å². The number of phenolic OH excluding ortho intramolecular Hbond substituents is 1. The van der Waals surface area contributed by atoms with Gasteiger partial charge in [0.15, 0.2) is 5.76 Å². The molecule has 0 aliphatic carbocycles. The van der Waals surface area contributed by atoms with Crippen molar-refractivity contribution in [2.45, 2.75) is 0 Å². The molecule has 0 aliphatic heterocycles. The molecule has 2 N–H and O–H groups in total. The fourth-order valence-corrected chi connectivity index (χ4v) is 4.35. The molecule has 5 heteroatoms. The van der Waals surface area contributed by atoms with Crippen molar-refractivity contribution in [1.29, 1.82) is 0 Å². The van der Waals surface area contributed by atoms with Gasteiger partial charge in [-0.2, -0.15) is 0 Å². The van der Waals surface area contributed by atoms with Crippen molar-refractivity contribution < 1.29 is 19.4 Å². The summed E-state index contributed by atoms with van der Waals surface area (Å²) in [6.07, 6.45) is 0. The molecule has 0 radical (unpaired) electrons. The molecular formula is C27H17NO4. The summed E-state index contributed by atoms with van der Waals surface area (Å²) in [5, 5.41) is 24.4. The largest absolute Gasteiger partial charge is 0.506 e. The number of furan rings is 1. The molecule has 0 saturated carbocycles. The van der Waals surface area contributed by atoms with Crippen LogP contribution in [0.15, 0.2) is 95.4 Å². The molecule has 4 aromatic carbocycles. The lowest BCUT2D eigenvalue weighted by molar-refractivity contribution is 0.0697. The lowest BCUT2D eigenvalue weighted by Gasteiger charge is -2.13. The number of para-hydroxylation sites is 1. The maximum Gasteiger partial charge on any atom is 0.335 e. The van der Waals surface area contributed by atoms with Gasteiger partial charge in [-0.25, -0.2) is 4.79 Å². The summed E-state index contributed by atoms with van der Waals surface area (Å²) >= 11 is 0. The molecule has 0 unspecified atom stereocenters. The molecule has 154 valence electrons. The topological polar surface area (TPSA) is 75.6 Å². The standard InChI is InChI=1S/C27H17NO4/c29-24-12-10-18(27(30)31)13-22(24)28-21-11-9-16-5-1-3-7-19(16)20(21)15-23(28)26-14-17-6-2-4-8-25(17)32-26/h1-15,29H,(H,30,31). The average Bonchev–Trinajstić information content (AvgIpc) is 3.41. The van der Waals surface area contributed by atoms with Gasteiger partial charge in [-0.1, -0.05) is 48.5 Å². The van der Waals surface area contributed by atoms with E-state index in [1.165, 1.54) is 18.2 Å². The van der Waals surface area contributed by atoms with Crippen molar-refractivity contribution in [2.75, 3.05) is 0 Å². The van der Waals surface area contributed by atoms with Crippen LogP contribution in [-0.4, -0.2) is 20.7 Å². The van der Waals surface area contributed by atoms with Crippen LogP contribution in [0, 0.1) is 0 Å². The predicted octanol–water partition coefficient (Wildman–Crippen LogP) is 6.60. The van der Waals surface area contributed by atoms with Gasteiger partial charge in [0.25, 0.3) is 0 Å². The summed E-state index contributed by atoms with van der Waals surface area (Å²) in [6, 6.07) is 28.1. The monoisotopic (exact) mass is 419 g/mol. The number of fused-ring (bicyclic) bond motifs is 4. The summed E-state index contributed by atoms with van der Waals surface area (Å²) < 4.78 is 8.02. The number of hydrogen-bond donors (Lipinski definition) is 2. The molecule has 0 fully saturated rings. The Bertz CT molecular complexity index is 1640. The van der Waals surface area contributed by atoms with E-state index in [1.54, 1.807) is 0 Å². The van der Waals surface area contributed by atoms with Gasteiger partial charge < -0.3 is 19.2 Å². The van der Waals surface area contributed by atoms with E-state index < -0.39 is 5.97 Å². The van der Waals surface area contributed by atoms with Gasteiger partial charge in [0.1, 0.15) is 11.3 Å². The number of phenols is 1. The Hall–Kier alpha value is -4.51. The quantitative estimate of drug-likeness (QED) is 0.339. The van der Waals surface area contributed by atoms with Crippen LogP contribution < -0.4 is 0 Å². The van der Waals surface area contributed by atoms with E-state index in [0.29, 0.717) is 11.4 Å². The van der Waals surface area contributed by atoms with Crippen LogP contribution in [0.5, 0.6) is 5.75 Å². The maximum absolute atomic E-state index is 11.6. The fourth-order valence-electron chi connectivity index (χ4n) is 4.35. The van der Waals surface area contributed by atoms with Gasteiger partial charge >= 0.3 is 5.97 Å². The van der Waals surface area contributed by atoms with Gasteiger partial charge in [-0.3, -0.25) is 0 Å². The Kier molecular flexibility index (Phi) is 3.86. The summed E-state index contributed by atoms with van der Waals surface area (Å²) in [4.78, 5) is 11.6. The van der Waals surface area contributed by atoms with Crippen molar-refractivity contribution in [3.63, 3.8) is 0 Å². The number of nitrogens with zero attached hydrogens (tertiary/aromatic N) is 1. The van der Waals surface area contributed by atoms with E-state index >= 15 is 0 Å². The summed E-state index contributed by atoms with van der Waals surface area (Å²) in [5.41, 5.74) is 2.80. The number of carbonyl (C=O) groups is 1. The lowest BCUT2D eigenvalue weighted by atomic mass is 10.1. The SMILES string of the molecule is O=C(O)c1ccc(O)c(-n2c(-c3cc4ccccc4o3)cc3c4ccccc4ccc32)c1. The number of hydrogen-bond acceptors (Lipinski definition) is 3. The molecule has 6 rings (SSSR count). The molecule has 0 amide bonds. The molecule has 0 spiro atoms. The zero-order valence-corrected chi connectivity index (χ0v) is 16.8. The molecule has 2 heterocycles. The first-order chi connectivity index (χ1) is 15.6. The Morgan fingerprint density at radius 3 is 2.38 bits per heavy atom. The van der Waals surface area contributed by atoms with E-state index in [-0.39, 0.29) is 11.3 Å². The van der Waals surface area contributed by atoms with E-state index in [4.69, 9.17) is 4.42 Å². The summed E-state index contributed by atoms with van der Waals surface area (Å²) in [5.74, 6) is -0.442. The van der Waals surface area contributed by atoms with E-state index in [2.05, 4.69) is 12.1 Å². The number of benzene rings is 4. The third kappa shape index (κ3) is 2.68. The van der Waals surface area contributed by atoms with Crippen LogP contribution in [0.2, 0.25) is 0 Å². The van der Waals surface area contributed by atoms with Crippen molar-refractivity contribution in [3.05, 3.63) is 96.6 Å². The minimum atomic E-state index is -1.06. The second kappa shape index (κ2) is 6.75.